The average Bonchev–Trinajstić information content (AvgIpc) is 2.76. The molecule has 1 aliphatic rings. The van der Waals surface area contributed by atoms with Crippen LogP contribution in [0.3, 0.4) is 0 Å². The second kappa shape index (κ2) is 8.62. The van der Waals surface area contributed by atoms with Gasteiger partial charge < -0.3 is 9.67 Å². The van der Waals surface area contributed by atoms with Crippen LogP contribution in [-0.2, 0) is 6.54 Å². The van der Waals surface area contributed by atoms with Gasteiger partial charge in [0.05, 0.1) is 23.8 Å². The highest BCUT2D eigenvalue weighted by Gasteiger charge is 2.30. The van der Waals surface area contributed by atoms with E-state index in [0.717, 1.165) is 42.9 Å². The van der Waals surface area contributed by atoms with Gasteiger partial charge in [-0.25, -0.2) is 0 Å². The lowest BCUT2D eigenvalue weighted by Gasteiger charge is -2.34. The summed E-state index contributed by atoms with van der Waals surface area (Å²) in [5.41, 5.74) is 2.89. The van der Waals surface area contributed by atoms with Crippen LogP contribution in [0.15, 0.2) is 65.6 Å². The van der Waals surface area contributed by atoms with E-state index in [-0.39, 0.29) is 17.4 Å². The molecule has 1 saturated heterocycles. The van der Waals surface area contributed by atoms with Crippen LogP contribution >= 0.6 is 0 Å². The fourth-order valence-corrected chi connectivity index (χ4v) is 4.22. The molecule has 5 nitrogen and oxygen atoms in total. The number of benzene rings is 1. The molecule has 0 radical (unpaired) electrons. The summed E-state index contributed by atoms with van der Waals surface area (Å²) in [4.78, 5) is 20.5. The zero-order valence-electron chi connectivity index (χ0n) is 16.8. The van der Waals surface area contributed by atoms with Crippen LogP contribution in [0, 0.1) is 6.92 Å². The van der Waals surface area contributed by atoms with Gasteiger partial charge in [0.1, 0.15) is 5.75 Å². The average molecular weight is 389 g/mol. The van der Waals surface area contributed by atoms with Crippen molar-refractivity contribution in [2.45, 2.75) is 38.8 Å². The summed E-state index contributed by atoms with van der Waals surface area (Å²) in [6, 6.07) is 17.1. The minimum atomic E-state index is -0.341. The molecule has 1 fully saturated rings. The first-order valence-electron chi connectivity index (χ1n) is 10.3. The highest BCUT2D eigenvalue weighted by Crippen LogP contribution is 2.33. The number of aromatic hydroxyl groups is 1. The Kier molecular flexibility index (Phi) is 5.76. The lowest BCUT2D eigenvalue weighted by atomic mass is 9.98. The molecule has 0 amide bonds. The van der Waals surface area contributed by atoms with Crippen LogP contribution < -0.4 is 5.56 Å². The quantitative estimate of drug-likeness (QED) is 0.719. The molecule has 0 spiro atoms. The molecule has 1 aromatic carbocycles. The Balaban J connectivity index is 1.84. The van der Waals surface area contributed by atoms with Crippen LogP contribution in [0.5, 0.6) is 5.75 Å². The van der Waals surface area contributed by atoms with Gasteiger partial charge in [-0.3, -0.25) is 14.7 Å². The standard InChI is InChI=1S/C24H27N3O2/c1-18-16-21(28)22(24(29)27(18)17-19-10-4-2-5-11-19)23(20-12-6-7-13-25-20)26-14-8-3-9-15-26/h2,4-7,10-13,16,23,28H,3,8-9,14-15,17H2,1H3/t23-/m0/s1. The third-order valence-corrected chi connectivity index (χ3v) is 5.70. The molecular weight excluding hydrogens is 362 g/mol. The number of nitrogens with zero attached hydrogens (tertiary/aromatic N) is 3. The topological polar surface area (TPSA) is 58.4 Å². The maximum absolute atomic E-state index is 13.6. The van der Waals surface area contributed by atoms with Gasteiger partial charge in [0.2, 0.25) is 0 Å². The predicted octanol–water partition coefficient (Wildman–Crippen LogP) is 3.88. The molecule has 2 aromatic heterocycles. The van der Waals surface area contributed by atoms with E-state index in [9.17, 15) is 9.90 Å². The smallest absolute Gasteiger partial charge is 0.260 e. The SMILES string of the molecule is Cc1cc(O)c([C@H](c2ccccn2)N2CCCCC2)c(=O)n1Cc1ccccc1. The molecule has 4 rings (SSSR count). The number of aromatic nitrogens is 2. The number of pyridine rings is 2. The number of aryl methyl sites for hydroxylation is 1. The number of hydrogen-bond donors (Lipinski definition) is 1. The molecule has 0 saturated carbocycles. The maximum atomic E-state index is 13.6. The summed E-state index contributed by atoms with van der Waals surface area (Å²) in [6.07, 6.45) is 5.13. The van der Waals surface area contributed by atoms with Crippen LogP contribution in [0.4, 0.5) is 0 Å². The van der Waals surface area contributed by atoms with E-state index in [1.165, 1.54) is 6.42 Å². The minimum Gasteiger partial charge on any atom is -0.507 e. The molecule has 1 atom stereocenters. The number of likely N-dealkylation sites (tertiary alicyclic amines) is 1. The molecule has 0 bridgehead atoms. The summed E-state index contributed by atoms with van der Waals surface area (Å²) in [6.45, 7) is 4.14. The van der Waals surface area contributed by atoms with Gasteiger partial charge in [-0.05, 0) is 56.6 Å². The molecule has 3 heterocycles. The largest absolute Gasteiger partial charge is 0.507 e. The van der Waals surface area contributed by atoms with Crippen molar-refractivity contribution in [2.75, 3.05) is 13.1 Å². The molecule has 0 aliphatic carbocycles. The Hall–Kier alpha value is -2.92. The second-order valence-electron chi connectivity index (χ2n) is 7.72. The van der Waals surface area contributed by atoms with Crippen LogP contribution in [0.1, 0.15) is 47.8 Å². The Morgan fingerprint density at radius 1 is 1.03 bits per heavy atom. The summed E-state index contributed by atoms with van der Waals surface area (Å²) < 4.78 is 1.75. The van der Waals surface area contributed by atoms with Gasteiger partial charge in [-0.1, -0.05) is 42.8 Å². The highest BCUT2D eigenvalue weighted by molar-refractivity contribution is 5.39. The van der Waals surface area contributed by atoms with E-state index in [1.54, 1.807) is 16.8 Å². The predicted molar refractivity (Wildman–Crippen MR) is 114 cm³/mol. The van der Waals surface area contributed by atoms with Gasteiger partial charge in [0, 0.05) is 11.9 Å². The summed E-state index contributed by atoms with van der Waals surface area (Å²) in [5, 5.41) is 10.9. The molecule has 5 heteroatoms. The first kappa shape index (κ1) is 19.4. The monoisotopic (exact) mass is 389 g/mol. The van der Waals surface area contributed by atoms with E-state index < -0.39 is 0 Å². The lowest BCUT2D eigenvalue weighted by Crippen LogP contribution is -2.39. The maximum Gasteiger partial charge on any atom is 0.260 e. The Bertz CT molecular complexity index is 1010. The van der Waals surface area contributed by atoms with Crippen LogP contribution in [-0.4, -0.2) is 32.6 Å². The third kappa shape index (κ3) is 4.10. The van der Waals surface area contributed by atoms with E-state index in [0.29, 0.717) is 12.1 Å². The summed E-state index contributed by atoms with van der Waals surface area (Å²) in [7, 11) is 0. The fourth-order valence-electron chi connectivity index (χ4n) is 4.22. The number of hydrogen-bond acceptors (Lipinski definition) is 4. The van der Waals surface area contributed by atoms with E-state index in [1.807, 2.05) is 55.5 Å². The first-order chi connectivity index (χ1) is 14.1. The molecule has 150 valence electrons. The highest BCUT2D eigenvalue weighted by atomic mass is 16.3. The van der Waals surface area contributed by atoms with Gasteiger partial charge in [-0.2, -0.15) is 0 Å². The van der Waals surface area contributed by atoms with Gasteiger partial charge in [-0.15, -0.1) is 0 Å². The molecule has 29 heavy (non-hydrogen) atoms. The van der Waals surface area contributed by atoms with Gasteiger partial charge in [0.15, 0.2) is 0 Å². The third-order valence-electron chi connectivity index (χ3n) is 5.70. The summed E-state index contributed by atoms with van der Waals surface area (Å²) in [5.74, 6) is 0.0537. The van der Waals surface area contributed by atoms with Gasteiger partial charge >= 0.3 is 0 Å². The zero-order valence-corrected chi connectivity index (χ0v) is 16.8. The van der Waals surface area contributed by atoms with Crippen molar-refractivity contribution in [1.29, 1.82) is 0 Å². The molecular formula is C24H27N3O2. The van der Waals surface area contributed by atoms with Crippen LogP contribution in [0.2, 0.25) is 0 Å². The summed E-state index contributed by atoms with van der Waals surface area (Å²) >= 11 is 0. The van der Waals surface area contributed by atoms with Crippen molar-refractivity contribution in [1.82, 2.24) is 14.5 Å². The number of rotatable bonds is 5. The molecule has 1 N–H and O–H groups in total. The van der Waals surface area contributed by atoms with Crippen molar-refractivity contribution >= 4 is 0 Å². The van der Waals surface area contributed by atoms with Crippen molar-refractivity contribution in [3.63, 3.8) is 0 Å². The van der Waals surface area contributed by atoms with E-state index in [2.05, 4.69) is 9.88 Å². The molecule has 0 unspecified atom stereocenters. The zero-order chi connectivity index (χ0) is 20.2. The van der Waals surface area contributed by atoms with Crippen molar-refractivity contribution in [3.8, 4) is 5.75 Å². The molecule has 1 aliphatic heterocycles. The van der Waals surface area contributed by atoms with E-state index in [4.69, 9.17) is 0 Å². The van der Waals surface area contributed by atoms with Crippen molar-refractivity contribution in [2.24, 2.45) is 0 Å². The van der Waals surface area contributed by atoms with Gasteiger partial charge in [0.25, 0.3) is 5.56 Å². The lowest BCUT2D eigenvalue weighted by molar-refractivity contribution is 0.180. The fraction of sp³-hybridized carbons (Fsp3) is 0.333. The first-order valence-corrected chi connectivity index (χ1v) is 10.3. The van der Waals surface area contributed by atoms with Crippen molar-refractivity contribution < 1.29 is 5.11 Å². The Morgan fingerprint density at radius 3 is 2.45 bits per heavy atom. The Labute approximate surface area is 171 Å². The molecule has 3 aromatic rings. The Morgan fingerprint density at radius 2 is 1.76 bits per heavy atom. The minimum absolute atomic E-state index is 0.0537. The normalized spacial score (nSPS) is 15.9. The number of piperidine rings is 1. The van der Waals surface area contributed by atoms with Crippen molar-refractivity contribution in [3.05, 3.63) is 93.7 Å². The van der Waals surface area contributed by atoms with E-state index >= 15 is 0 Å². The van der Waals surface area contributed by atoms with Crippen LogP contribution in [0.25, 0.3) is 0 Å². The second-order valence-corrected chi connectivity index (χ2v) is 7.72.